The number of carboxylic acid groups (broad SMARTS) is 1. The second-order valence-corrected chi connectivity index (χ2v) is 5.05. The van der Waals surface area contributed by atoms with E-state index in [0.717, 1.165) is 31.0 Å². The second kappa shape index (κ2) is 5.04. The maximum absolute atomic E-state index is 12.3. The van der Waals surface area contributed by atoms with Crippen molar-refractivity contribution in [3.05, 3.63) is 43.7 Å². The molecule has 8 nitrogen and oxygen atoms in total. The fraction of sp³-hybridized carbons (Fsp3) is 0.385. The van der Waals surface area contributed by atoms with Gasteiger partial charge >= 0.3 is 5.97 Å². The summed E-state index contributed by atoms with van der Waals surface area (Å²) in [6.07, 6.45) is 3.10. The SMILES string of the molecule is O=C(O)Cc1cc(=O)[nH]c(-n2[nH]c3c(c2=O)CCCC3)n1. The highest BCUT2D eigenvalue weighted by Crippen LogP contribution is 2.16. The Morgan fingerprint density at radius 1 is 1.33 bits per heavy atom. The number of aliphatic carboxylic acids is 1. The van der Waals surface area contributed by atoms with Crippen LogP contribution in [-0.2, 0) is 24.1 Å². The van der Waals surface area contributed by atoms with E-state index in [1.165, 1.54) is 4.68 Å². The first-order valence-electron chi connectivity index (χ1n) is 6.70. The Bertz CT molecular complexity index is 814. The van der Waals surface area contributed by atoms with Crippen molar-refractivity contribution in [2.45, 2.75) is 32.1 Å². The molecule has 0 bridgehead atoms. The molecule has 0 aromatic carbocycles. The molecule has 3 N–H and O–H groups in total. The average Bonchev–Trinajstić information content (AvgIpc) is 2.75. The number of aromatic nitrogens is 4. The summed E-state index contributed by atoms with van der Waals surface area (Å²) >= 11 is 0. The van der Waals surface area contributed by atoms with E-state index in [2.05, 4.69) is 15.1 Å². The van der Waals surface area contributed by atoms with Crippen LogP contribution in [0.25, 0.3) is 5.95 Å². The van der Waals surface area contributed by atoms with Gasteiger partial charge in [0.2, 0.25) is 5.95 Å². The zero-order chi connectivity index (χ0) is 15.0. The fourth-order valence-corrected chi connectivity index (χ4v) is 2.58. The average molecular weight is 290 g/mol. The van der Waals surface area contributed by atoms with Gasteiger partial charge in [0.05, 0.1) is 12.1 Å². The molecule has 110 valence electrons. The van der Waals surface area contributed by atoms with Crippen molar-refractivity contribution in [1.82, 2.24) is 19.7 Å². The molecule has 0 radical (unpaired) electrons. The number of rotatable bonds is 3. The molecule has 0 fully saturated rings. The molecule has 2 aromatic heterocycles. The summed E-state index contributed by atoms with van der Waals surface area (Å²) in [6.45, 7) is 0. The minimum absolute atomic E-state index is 0.0261. The lowest BCUT2D eigenvalue weighted by atomic mass is 9.98. The van der Waals surface area contributed by atoms with Gasteiger partial charge in [-0.2, -0.15) is 4.68 Å². The van der Waals surface area contributed by atoms with E-state index in [9.17, 15) is 14.4 Å². The molecule has 1 aliphatic carbocycles. The molecule has 1 aliphatic rings. The first-order chi connectivity index (χ1) is 10.0. The standard InChI is InChI=1S/C13H14N4O4/c18-10-5-7(6-11(19)20)14-13(15-10)17-12(21)8-3-1-2-4-9(8)16-17/h5,16H,1-4,6H2,(H,19,20)(H,14,15,18). The van der Waals surface area contributed by atoms with E-state index in [1.807, 2.05) is 0 Å². The summed E-state index contributed by atoms with van der Waals surface area (Å²) in [5.41, 5.74) is 0.960. The van der Waals surface area contributed by atoms with Gasteiger partial charge in [-0.1, -0.05) is 0 Å². The molecule has 0 saturated heterocycles. The van der Waals surface area contributed by atoms with Crippen LogP contribution in [0.5, 0.6) is 0 Å². The molecule has 0 amide bonds. The first kappa shape index (κ1) is 13.3. The number of hydrogen-bond acceptors (Lipinski definition) is 4. The molecule has 0 saturated carbocycles. The Morgan fingerprint density at radius 2 is 2.10 bits per heavy atom. The van der Waals surface area contributed by atoms with Crippen LogP contribution < -0.4 is 11.1 Å². The highest BCUT2D eigenvalue weighted by atomic mass is 16.4. The lowest BCUT2D eigenvalue weighted by Gasteiger charge is -2.07. The molecule has 21 heavy (non-hydrogen) atoms. The Labute approximate surface area is 118 Å². The van der Waals surface area contributed by atoms with Crippen LogP contribution in [0, 0.1) is 0 Å². The number of aromatic amines is 2. The monoisotopic (exact) mass is 290 g/mol. The zero-order valence-corrected chi connectivity index (χ0v) is 11.2. The van der Waals surface area contributed by atoms with Crippen molar-refractivity contribution in [3.8, 4) is 5.95 Å². The van der Waals surface area contributed by atoms with Crippen LogP contribution in [0.4, 0.5) is 0 Å². The fourth-order valence-electron chi connectivity index (χ4n) is 2.58. The van der Waals surface area contributed by atoms with Gasteiger partial charge in [-0.3, -0.25) is 24.5 Å². The van der Waals surface area contributed by atoms with Crippen molar-refractivity contribution in [2.24, 2.45) is 0 Å². The maximum atomic E-state index is 12.3. The van der Waals surface area contributed by atoms with Crippen LogP contribution >= 0.6 is 0 Å². The van der Waals surface area contributed by atoms with E-state index in [-0.39, 0.29) is 23.6 Å². The second-order valence-electron chi connectivity index (χ2n) is 5.05. The predicted molar refractivity (Wildman–Crippen MR) is 72.8 cm³/mol. The quantitative estimate of drug-likeness (QED) is 0.720. The molecule has 8 heteroatoms. The maximum Gasteiger partial charge on any atom is 0.309 e. The summed E-state index contributed by atoms with van der Waals surface area (Å²) in [6, 6.07) is 1.12. The largest absolute Gasteiger partial charge is 0.481 e. The molecule has 0 aliphatic heterocycles. The molecular formula is C13H14N4O4. The van der Waals surface area contributed by atoms with Gasteiger partial charge in [0.1, 0.15) is 0 Å². The van der Waals surface area contributed by atoms with E-state index in [0.29, 0.717) is 12.0 Å². The summed E-state index contributed by atoms with van der Waals surface area (Å²) in [7, 11) is 0. The molecule has 0 spiro atoms. The van der Waals surface area contributed by atoms with Crippen molar-refractivity contribution in [2.75, 3.05) is 0 Å². The minimum Gasteiger partial charge on any atom is -0.481 e. The van der Waals surface area contributed by atoms with Gasteiger partial charge in [-0.05, 0) is 25.7 Å². The summed E-state index contributed by atoms with van der Waals surface area (Å²) in [5.74, 6) is -1.06. The lowest BCUT2D eigenvalue weighted by molar-refractivity contribution is -0.136. The molecule has 2 heterocycles. The normalized spacial score (nSPS) is 13.9. The highest BCUT2D eigenvalue weighted by molar-refractivity contribution is 5.69. The van der Waals surface area contributed by atoms with Crippen LogP contribution in [0.1, 0.15) is 29.8 Å². The molecule has 0 atom stereocenters. The van der Waals surface area contributed by atoms with E-state index < -0.39 is 11.5 Å². The van der Waals surface area contributed by atoms with Crippen molar-refractivity contribution >= 4 is 5.97 Å². The Balaban J connectivity index is 2.10. The number of nitrogens with zero attached hydrogens (tertiary/aromatic N) is 2. The van der Waals surface area contributed by atoms with Crippen molar-refractivity contribution in [1.29, 1.82) is 0 Å². The summed E-state index contributed by atoms with van der Waals surface area (Å²) in [5, 5.41) is 11.7. The van der Waals surface area contributed by atoms with E-state index in [4.69, 9.17) is 5.11 Å². The predicted octanol–water partition coefficient (Wildman–Crippen LogP) is -0.245. The molecule has 3 rings (SSSR count). The number of carboxylic acids is 1. The third-order valence-electron chi connectivity index (χ3n) is 3.50. The topological polar surface area (TPSA) is 121 Å². The molecule has 2 aromatic rings. The Hall–Kier alpha value is -2.64. The van der Waals surface area contributed by atoms with Gasteiger partial charge in [0.25, 0.3) is 11.1 Å². The number of aryl methyl sites for hydroxylation is 1. The smallest absolute Gasteiger partial charge is 0.309 e. The van der Waals surface area contributed by atoms with E-state index >= 15 is 0 Å². The van der Waals surface area contributed by atoms with Gasteiger partial charge in [-0.15, -0.1) is 0 Å². The van der Waals surface area contributed by atoms with Gasteiger partial charge in [0.15, 0.2) is 0 Å². The van der Waals surface area contributed by atoms with Gasteiger partial charge in [-0.25, -0.2) is 4.98 Å². The van der Waals surface area contributed by atoms with Crippen LogP contribution in [-0.4, -0.2) is 30.8 Å². The van der Waals surface area contributed by atoms with Crippen LogP contribution in [0.15, 0.2) is 15.7 Å². The van der Waals surface area contributed by atoms with Crippen LogP contribution in [0.3, 0.4) is 0 Å². The Morgan fingerprint density at radius 3 is 2.81 bits per heavy atom. The number of carbonyl (C=O) groups is 1. The number of H-pyrrole nitrogens is 2. The number of nitrogens with one attached hydrogen (secondary N) is 2. The third-order valence-corrected chi connectivity index (χ3v) is 3.50. The first-order valence-corrected chi connectivity index (χ1v) is 6.70. The van der Waals surface area contributed by atoms with Crippen LogP contribution in [0.2, 0.25) is 0 Å². The van der Waals surface area contributed by atoms with E-state index in [1.54, 1.807) is 0 Å². The van der Waals surface area contributed by atoms with Gasteiger partial charge in [0, 0.05) is 17.3 Å². The number of hydrogen-bond donors (Lipinski definition) is 3. The highest BCUT2D eigenvalue weighted by Gasteiger charge is 2.19. The molecule has 0 unspecified atom stereocenters. The Kier molecular flexibility index (Phi) is 3.20. The summed E-state index contributed by atoms with van der Waals surface area (Å²) < 4.78 is 1.18. The van der Waals surface area contributed by atoms with Crippen molar-refractivity contribution < 1.29 is 9.90 Å². The third kappa shape index (κ3) is 2.51. The number of fused-ring (bicyclic) bond motifs is 1. The summed E-state index contributed by atoms with van der Waals surface area (Å²) in [4.78, 5) is 41.1. The molecular weight excluding hydrogens is 276 g/mol. The lowest BCUT2D eigenvalue weighted by Crippen LogP contribution is -2.24. The minimum atomic E-state index is -1.09. The van der Waals surface area contributed by atoms with Crippen molar-refractivity contribution in [3.63, 3.8) is 0 Å². The van der Waals surface area contributed by atoms with Gasteiger partial charge < -0.3 is 5.11 Å². The zero-order valence-electron chi connectivity index (χ0n) is 11.2.